The third-order valence-electron chi connectivity index (χ3n) is 2.28. The van der Waals surface area contributed by atoms with Crippen molar-refractivity contribution in [2.24, 2.45) is 5.73 Å². The first-order valence-electron chi connectivity index (χ1n) is 5.09. The number of anilines is 1. The van der Waals surface area contributed by atoms with Crippen molar-refractivity contribution in [1.82, 2.24) is 4.98 Å². The maximum Gasteiger partial charge on any atom is 0.243 e. The Morgan fingerprint density at radius 3 is 3.11 bits per heavy atom. The number of hydrogen-bond acceptors (Lipinski definition) is 5. The average Bonchev–Trinajstić information content (AvgIpc) is 2.76. The van der Waals surface area contributed by atoms with Gasteiger partial charge in [0.1, 0.15) is 6.04 Å². The number of nitrogens with two attached hydrogens (primary N) is 1. The largest absolute Gasteiger partial charge is 0.383 e. The number of methoxy groups -OCH3 is 1. The molecule has 2 aromatic rings. The molecular weight excluding hydrogens is 274 g/mol. The van der Waals surface area contributed by atoms with Gasteiger partial charge in [-0.1, -0.05) is 0 Å². The number of benzene rings is 1. The van der Waals surface area contributed by atoms with Crippen LogP contribution in [0.25, 0.3) is 10.2 Å². The molecule has 1 aromatic heterocycles. The van der Waals surface area contributed by atoms with Gasteiger partial charge < -0.3 is 15.8 Å². The molecule has 0 fully saturated rings. The fourth-order valence-corrected chi connectivity index (χ4v) is 2.08. The highest BCUT2D eigenvalue weighted by atomic mass is 35.5. The number of amides is 1. The normalized spacial score (nSPS) is 11.9. The van der Waals surface area contributed by atoms with Gasteiger partial charge in [-0.05, 0) is 18.2 Å². The van der Waals surface area contributed by atoms with E-state index in [0.717, 1.165) is 10.2 Å². The summed E-state index contributed by atoms with van der Waals surface area (Å²) < 4.78 is 5.91. The van der Waals surface area contributed by atoms with Crippen LogP contribution in [0.2, 0.25) is 0 Å². The summed E-state index contributed by atoms with van der Waals surface area (Å²) in [6, 6.07) is 4.91. The lowest BCUT2D eigenvalue weighted by molar-refractivity contribution is -0.118. The molecule has 1 atom stereocenters. The Hall–Kier alpha value is -1.21. The van der Waals surface area contributed by atoms with Crippen molar-refractivity contribution in [1.29, 1.82) is 0 Å². The predicted molar refractivity (Wildman–Crippen MR) is 75.3 cm³/mol. The van der Waals surface area contributed by atoms with Crippen LogP contribution in [0.4, 0.5) is 5.69 Å². The van der Waals surface area contributed by atoms with Crippen molar-refractivity contribution in [3.05, 3.63) is 23.7 Å². The zero-order chi connectivity index (χ0) is 12.3. The lowest BCUT2D eigenvalue weighted by Crippen LogP contribution is -2.39. The van der Waals surface area contributed by atoms with E-state index in [2.05, 4.69) is 10.3 Å². The zero-order valence-electron chi connectivity index (χ0n) is 9.75. The lowest BCUT2D eigenvalue weighted by Gasteiger charge is -2.10. The Morgan fingerprint density at radius 2 is 2.39 bits per heavy atom. The molecule has 98 valence electrons. The topological polar surface area (TPSA) is 77.2 Å². The third-order valence-corrected chi connectivity index (χ3v) is 3.09. The molecule has 0 radical (unpaired) electrons. The summed E-state index contributed by atoms with van der Waals surface area (Å²) in [5.41, 5.74) is 8.95. The molecule has 18 heavy (non-hydrogen) atoms. The molecule has 0 bridgehead atoms. The molecule has 1 heterocycles. The number of carbonyl (C=O) groups is 1. The molecule has 7 heteroatoms. The third kappa shape index (κ3) is 3.39. The second kappa shape index (κ2) is 6.65. The quantitative estimate of drug-likeness (QED) is 0.896. The summed E-state index contributed by atoms with van der Waals surface area (Å²) in [5.74, 6) is -0.263. The number of ether oxygens (including phenoxy) is 1. The Kier molecular flexibility index (Phi) is 5.49. The minimum absolute atomic E-state index is 0. The van der Waals surface area contributed by atoms with Gasteiger partial charge in [0, 0.05) is 12.8 Å². The summed E-state index contributed by atoms with van der Waals surface area (Å²) in [7, 11) is 1.51. The molecule has 0 aliphatic heterocycles. The lowest BCUT2D eigenvalue weighted by atomic mass is 10.2. The van der Waals surface area contributed by atoms with Crippen LogP contribution >= 0.6 is 23.7 Å². The van der Waals surface area contributed by atoms with Crippen LogP contribution < -0.4 is 11.1 Å². The van der Waals surface area contributed by atoms with Crippen molar-refractivity contribution in [3.63, 3.8) is 0 Å². The molecule has 3 N–H and O–H groups in total. The summed E-state index contributed by atoms with van der Waals surface area (Å²) in [4.78, 5) is 15.8. The summed E-state index contributed by atoms with van der Waals surface area (Å²) in [6.07, 6.45) is 0. The van der Waals surface area contributed by atoms with Crippen LogP contribution in [0, 0.1) is 0 Å². The van der Waals surface area contributed by atoms with Gasteiger partial charge in [0.25, 0.3) is 0 Å². The monoisotopic (exact) mass is 287 g/mol. The number of thiazole rings is 1. The van der Waals surface area contributed by atoms with Gasteiger partial charge in [-0.15, -0.1) is 23.7 Å². The van der Waals surface area contributed by atoms with E-state index < -0.39 is 6.04 Å². The highest BCUT2D eigenvalue weighted by molar-refractivity contribution is 7.16. The van der Waals surface area contributed by atoms with Crippen LogP contribution in [0.3, 0.4) is 0 Å². The Labute approximate surface area is 115 Å². The Balaban J connectivity index is 0.00000162. The van der Waals surface area contributed by atoms with E-state index in [0.29, 0.717) is 5.69 Å². The molecular formula is C11H14ClN3O2S. The van der Waals surface area contributed by atoms with Gasteiger partial charge in [0.05, 0.1) is 22.3 Å². The second-order valence-corrected chi connectivity index (χ2v) is 4.47. The fourth-order valence-electron chi connectivity index (χ4n) is 1.43. The standard InChI is InChI=1S/C11H13N3O2S.ClH/c1-16-5-8(12)11(15)14-7-2-3-10-9(4-7)13-6-17-10;/h2-4,6,8H,5,12H2,1H3,(H,14,15);1H. The first-order chi connectivity index (χ1) is 8.20. The molecule has 1 unspecified atom stereocenters. The van der Waals surface area contributed by atoms with E-state index in [1.54, 1.807) is 16.8 Å². The summed E-state index contributed by atoms with van der Waals surface area (Å²) >= 11 is 1.56. The smallest absolute Gasteiger partial charge is 0.243 e. The van der Waals surface area contributed by atoms with Crippen LogP contribution in [-0.2, 0) is 9.53 Å². The van der Waals surface area contributed by atoms with Gasteiger partial charge in [-0.25, -0.2) is 4.98 Å². The van der Waals surface area contributed by atoms with Crippen molar-refractivity contribution in [2.45, 2.75) is 6.04 Å². The van der Waals surface area contributed by atoms with Crippen molar-refractivity contribution in [3.8, 4) is 0 Å². The van der Waals surface area contributed by atoms with E-state index in [1.807, 2.05) is 18.2 Å². The number of halogens is 1. The van der Waals surface area contributed by atoms with Crippen LogP contribution in [-0.4, -0.2) is 30.6 Å². The Bertz CT molecular complexity index is 532. The molecule has 2 rings (SSSR count). The number of rotatable bonds is 4. The molecule has 0 spiro atoms. The van der Waals surface area contributed by atoms with E-state index in [1.165, 1.54) is 7.11 Å². The van der Waals surface area contributed by atoms with Crippen molar-refractivity contribution >= 4 is 45.6 Å². The number of hydrogen-bond donors (Lipinski definition) is 2. The van der Waals surface area contributed by atoms with E-state index >= 15 is 0 Å². The number of nitrogens with one attached hydrogen (secondary N) is 1. The Morgan fingerprint density at radius 1 is 1.61 bits per heavy atom. The molecule has 0 saturated carbocycles. The van der Waals surface area contributed by atoms with Crippen LogP contribution in [0.15, 0.2) is 23.7 Å². The van der Waals surface area contributed by atoms with Gasteiger partial charge in [0.2, 0.25) is 5.91 Å². The highest BCUT2D eigenvalue weighted by Crippen LogP contribution is 2.21. The van der Waals surface area contributed by atoms with E-state index in [9.17, 15) is 4.79 Å². The zero-order valence-corrected chi connectivity index (χ0v) is 11.4. The van der Waals surface area contributed by atoms with Gasteiger partial charge in [-0.3, -0.25) is 4.79 Å². The summed E-state index contributed by atoms with van der Waals surface area (Å²) in [5, 5.41) is 2.73. The van der Waals surface area contributed by atoms with Crippen molar-refractivity contribution in [2.75, 3.05) is 19.0 Å². The minimum atomic E-state index is -0.661. The van der Waals surface area contributed by atoms with Gasteiger partial charge in [-0.2, -0.15) is 0 Å². The number of nitrogens with zero attached hydrogens (tertiary/aromatic N) is 1. The summed E-state index contributed by atoms with van der Waals surface area (Å²) in [6.45, 7) is 0.199. The SMILES string of the molecule is COCC(N)C(=O)Nc1ccc2scnc2c1.Cl. The molecule has 1 amide bonds. The molecule has 0 aliphatic carbocycles. The predicted octanol–water partition coefficient (Wildman–Crippen LogP) is 1.63. The minimum Gasteiger partial charge on any atom is -0.383 e. The van der Waals surface area contributed by atoms with Crippen LogP contribution in [0.1, 0.15) is 0 Å². The maximum absolute atomic E-state index is 11.6. The number of fused-ring (bicyclic) bond motifs is 1. The van der Waals surface area contributed by atoms with Gasteiger partial charge >= 0.3 is 0 Å². The first-order valence-corrected chi connectivity index (χ1v) is 5.97. The first kappa shape index (κ1) is 14.8. The van der Waals surface area contributed by atoms with Gasteiger partial charge in [0.15, 0.2) is 0 Å². The molecule has 0 saturated heterocycles. The van der Waals surface area contributed by atoms with Crippen molar-refractivity contribution < 1.29 is 9.53 Å². The molecule has 1 aromatic carbocycles. The van der Waals surface area contributed by atoms with E-state index in [-0.39, 0.29) is 24.9 Å². The molecule has 0 aliphatic rings. The fraction of sp³-hybridized carbons (Fsp3) is 0.273. The second-order valence-electron chi connectivity index (χ2n) is 3.59. The number of carbonyl (C=O) groups excluding carboxylic acids is 1. The number of aromatic nitrogens is 1. The maximum atomic E-state index is 11.6. The van der Waals surface area contributed by atoms with Crippen LogP contribution in [0.5, 0.6) is 0 Å². The van der Waals surface area contributed by atoms with E-state index in [4.69, 9.17) is 10.5 Å². The highest BCUT2D eigenvalue weighted by Gasteiger charge is 2.13. The molecule has 5 nitrogen and oxygen atoms in total. The average molecular weight is 288 g/mol.